The van der Waals surface area contributed by atoms with Crippen molar-refractivity contribution < 1.29 is 0 Å². The van der Waals surface area contributed by atoms with Gasteiger partial charge in [-0.05, 0) is 35.0 Å². The van der Waals surface area contributed by atoms with Crippen LogP contribution in [0, 0.1) is 6.92 Å². The zero-order chi connectivity index (χ0) is 12.5. The minimum absolute atomic E-state index is 0.977. The molecule has 3 rings (SSSR count). The van der Waals surface area contributed by atoms with Crippen LogP contribution >= 0.6 is 15.9 Å². The van der Waals surface area contributed by atoms with Gasteiger partial charge in [-0.1, -0.05) is 0 Å². The van der Waals surface area contributed by atoms with Crippen molar-refractivity contribution in [3.05, 3.63) is 34.2 Å². The third-order valence-corrected chi connectivity index (χ3v) is 4.10. The summed E-state index contributed by atoms with van der Waals surface area (Å²) < 4.78 is 3.25. The van der Waals surface area contributed by atoms with Crippen molar-refractivity contribution in [3.8, 4) is 0 Å². The Labute approximate surface area is 115 Å². The molecule has 4 nitrogen and oxygen atoms in total. The molecule has 0 atom stereocenters. The van der Waals surface area contributed by atoms with Crippen molar-refractivity contribution in [1.82, 2.24) is 19.6 Å². The van der Waals surface area contributed by atoms with Crippen LogP contribution in [0.1, 0.15) is 11.4 Å². The van der Waals surface area contributed by atoms with E-state index in [-0.39, 0.29) is 0 Å². The van der Waals surface area contributed by atoms with Gasteiger partial charge in [-0.25, -0.2) is 4.98 Å². The van der Waals surface area contributed by atoms with E-state index in [9.17, 15) is 0 Å². The molecular weight excluding hydrogens is 292 g/mol. The van der Waals surface area contributed by atoms with E-state index in [1.165, 1.54) is 5.69 Å². The molecule has 3 heterocycles. The lowest BCUT2D eigenvalue weighted by Gasteiger charge is -2.27. The van der Waals surface area contributed by atoms with E-state index < -0.39 is 0 Å². The summed E-state index contributed by atoms with van der Waals surface area (Å²) >= 11 is 3.56. The average molecular weight is 309 g/mol. The number of aryl methyl sites for hydroxylation is 1. The maximum absolute atomic E-state index is 4.65. The number of nitrogens with one attached hydrogen (secondary N) is 1. The molecule has 1 aliphatic rings. The van der Waals surface area contributed by atoms with Gasteiger partial charge in [-0.3, -0.25) is 4.90 Å². The summed E-state index contributed by atoms with van der Waals surface area (Å²) in [6.07, 6.45) is 2.09. The molecule has 0 radical (unpaired) electrons. The highest BCUT2D eigenvalue weighted by molar-refractivity contribution is 9.10. The van der Waals surface area contributed by atoms with Crippen molar-refractivity contribution in [3.63, 3.8) is 0 Å². The molecule has 0 amide bonds. The molecule has 0 bridgehead atoms. The Morgan fingerprint density at radius 1 is 1.39 bits per heavy atom. The molecule has 18 heavy (non-hydrogen) atoms. The Morgan fingerprint density at radius 3 is 2.94 bits per heavy atom. The number of fused-ring (bicyclic) bond motifs is 1. The number of rotatable bonds is 2. The van der Waals surface area contributed by atoms with Gasteiger partial charge in [0.2, 0.25) is 0 Å². The minimum Gasteiger partial charge on any atom is -0.314 e. The number of pyridine rings is 1. The lowest BCUT2D eigenvalue weighted by molar-refractivity contribution is 0.230. The Kier molecular flexibility index (Phi) is 3.37. The monoisotopic (exact) mass is 308 g/mol. The number of piperazine rings is 1. The van der Waals surface area contributed by atoms with Gasteiger partial charge in [-0.15, -0.1) is 0 Å². The SMILES string of the molecule is Cc1nc2c(Br)cccn2c1CN1CCNCC1. The number of nitrogens with zero attached hydrogens (tertiary/aromatic N) is 3. The largest absolute Gasteiger partial charge is 0.314 e. The quantitative estimate of drug-likeness (QED) is 0.918. The fourth-order valence-electron chi connectivity index (χ4n) is 2.47. The first-order chi connectivity index (χ1) is 8.75. The fourth-order valence-corrected chi connectivity index (χ4v) is 2.90. The highest BCUT2D eigenvalue weighted by atomic mass is 79.9. The minimum atomic E-state index is 0.977. The van der Waals surface area contributed by atoms with E-state index in [1.54, 1.807) is 0 Å². The lowest BCUT2D eigenvalue weighted by Crippen LogP contribution is -2.43. The standard InChI is InChI=1S/C13H17BrN4/c1-10-12(9-17-7-4-15-5-8-17)18-6-2-3-11(14)13(18)16-10/h2-3,6,15H,4-5,7-9H2,1H3. The first kappa shape index (κ1) is 12.1. The zero-order valence-electron chi connectivity index (χ0n) is 10.5. The van der Waals surface area contributed by atoms with Crippen molar-refractivity contribution in [1.29, 1.82) is 0 Å². The van der Waals surface area contributed by atoms with E-state index in [2.05, 4.69) is 54.7 Å². The number of hydrogen-bond acceptors (Lipinski definition) is 3. The Morgan fingerprint density at radius 2 is 2.17 bits per heavy atom. The van der Waals surface area contributed by atoms with Gasteiger partial charge < -0.3 is 9.72 Å². The van der Waals surface area contributed by atoms with E-state index in [4.69, 9.17) is 0 Å². The van der Waals surface area contributed by atoms with Crippen LogP contribution in [0.25, 0.3) is 5.65 Å². The zero-order valence-corrected chi connectivity index (χ0v) is 12.1. The lowest BCUT2D eigenvalue weighted by atomic mass is 10.3. The molecule has 1 fully saturated rings. The van der Waals surface area contributed by atoms with Gasteiger partial charge in [0, 0.05) is 38.9 Å². The highest BCUT2D eigenvalue weighted by Gasteiger charge is 2.15. The Bertz CT molecular complexity index is 557. The van der Waals surface area contributed by atoms with Gasteiger partial charge in [0.1, 0.15) is 0 Å². The molecule has 0 unspecified atom stereocenters. The van der Waals surface area contributed by atoms with Crippen molar-refractivity contribution in [2.45, 2.75) is 13.5 Å². The van der Waals surface area contributed by atoms with E-state index in [0.29, 0.717) is 0 Å². The molecule has 96 valence electrons. The van der Waals surface area contributed by atoms with Crippen LogP contribution in [-0.2, 0) is 6.54 Å². The van der Waals surface area contributed by atoms with Crippen LogP contribution in [0.5, 0.6) is 0 Å². The first-order valence-electron chi connectivity index (χ1n) is 6.31. The Balaban J connectivity index is 1.95. The van der Waals surface area contributed by atoms with Gasteiger partial charge in [0.15, 0.2) is 5.65 Å². The van der Waals surface area contributed by atoms with E-state index in [1.807, 2.05) is 6.07 Å². The van der Waals surface area contributed by atoms with Gasteiger partial charge in [0.05, 0.1) is 15.9 Å². The second kappa shape index (κ2) is 4.99. The second-order valence-electron chi connectivity index (χ2n) is 4.72. The van der Waals surface area contributed by atoms with E-state index >= 15 is 0 Å². The predicted molar refractivity (Wildman–Crippen MR) is 75.8 cm³/mol. The number of imidazole rings is 1. The van der Waals surface area contributed by atoms with Gasteiger partial charge in [0.25, 0.3) is 0 Å². The summed E-state index contributed by atoms with van der Waals surface area (Å²) in [6, 6.07) is 4.09. The van der Waals surface area contributed by atoms with Crippen LogP contribution in [-0.4, -0.2) is 40.5 Å². The third kappa shape index (κ3) is 2.18. The average Bonchev–Trinajstić information content (AvgIpc) is 2.70. The molecule has 1 N–H and O–H groups in total. The van der Waals surface area contributed by atoms with Gasteiger partial charge in [-0.2, -0.15) is 0 Å². The third-order valence-electron chi connectivity index (χ3n) is 3.48. The van der Waals surface area contributed by atoms with Crippen LogP contribution in [0.3, 0.4) is 0 Å². The summed E-state index contributed by atoms with van der Waals surface area (Å²) in [6.45, 7) is 7.46. The molecular formula is C13H17BrN4. The van der Waals surface area contributed by atoms with Crippen molar-refractivity contribution in [2.24, 2.45) is 0 Å². The van der Waals surface area contributed by atoms with Crippen LogP contribution in [0.2, 0.25) is 0 Å². The van der Waals surface area contributed by atoms with Crippen molar-refractivity contribution in [2.75, 3.05) is 26.2 Å². The topological polar surface area (TPSA) is 32.6 Å². The normalized spacial score (nSPS) is 17.4. The number of halogens is 1. The molecule has 0 aromatic carbocycles. The van der Waals surface area contributed by atoms with Gasteiger partial charge >= 0.3 is 0 Å². The summed E-state index contributed by atoms with van der Waals surface area (Å²) in [4.78, 5) is 7.13. The summed E-state index contributed by atoms with van der Waals surface area (Å²) in [5, 5.41) is 3.38. The molecule has 2 aromatic heterocycles. The predicted octanol–water partition coefficient (Wildman–Crippen LogP) is 1.81. The van der Waals surface area contributed by atoms with Crippen molar-refractivity contribution >= 4 is 21.6 Å². The molecule has 0 spiro atoms. The maximum Gasteiger partial charge on any atom is 0.151 e. The number of aromatic nitrogens is 2. The summed E-state index contributed by atoms with van der Waals surface area (Å²) in [7, 11) is 0. The smallest absolute Gasteiger partial charge is 0.151 e. The van der Waals surface area contributed by atoms with Crippen LogP contribution < -0.4 is 5.32 Å². The fraction of sp³-hybridized carbons (Fsp3) is 0.462. The summed E-state index contributed by atoms with van der Waals surface area (Å²) in [5.74, 6) is 0. The maximum atomic E-state index is 4.65. The summed E-state index contributed by atoms with van der Waals surface area (Å²) in [5.41, 5.74) is 3.44. The van der Waals surface area contributed by atoms with E-state index in [0.717, 1.165) is 48.5 Å². The molecule has 1 aliphatic heterocycles. The van der Waals surface area contributed by atoms with Crippen LogP contribution in [0.15, 0.2) is 22.8 Å². The molecule has 0 aliphatic carbocycles. The molecule has 5 heteroatoms. The van der Waals surface area contributed by atoms with Crippen LogP contribution in [0.4, 0.5) is 0 Å². The molecule has 2 aromatic rings. The number of hydrogen-bond donors (Lipinski definition) is 1. The second-order valence-corrected chi connectivity index (χ2v) is 5.57. The molecule has 1 saturated heterocycles. The first-order valence-corrected chi connectivity index (χ1v) is 7.10. The highest BCUT2D eigenvalue weighted by Crippen LogP contribution is 2.21. The Hall–Kier alpha value is -0.910. The molecule has 0 saturated carbocycles.